The SMILES string of the molecule is Cc1nc(Cl)cc(NC(CCO)C(C)(C)C)n1. The Bertz CT molecular complexity index is 356. The number of halogens is 1. The maximum absolute atomic E-state index is 9.09. The molecule has 1 atom stereocenters. The van der Waals surface area contributed by atoms with E-state index in [0.29, 0.717) is 23.2 Å². The number of aryl methyl sites for hydroxylation is 1. The predicted molar refractivity (Wildman–Crippen MR) is 70.3 cm³/mol. The Labute approximate surface area is 107 Å². The second-order valence-corrected chi connectivity index (χ2v) is 5.59. The molecule has 0 aliphatic rings. The second kappa shape index (κ2) is 5.65. The molecule has 1 unspecified atom stereocenters. The Hall–Kier alpha value is -0.870. The average Bonchev–Trinajstić information content (AvgIpc) is 2.13. The van der Waals surface area contributed by atoms with Gasteiger partial charge in [-0.05, 0) is 18.8 Å². The first-order chi connectivity index (χ1) is 7.82. The average molecular weight is 258 g/mol. The molecular formula is C12H20ClN3O. The Morgan fingerprint density at radius 1 is 1.41 bits per heavy atom. The van der Waals surface area contributed by atoms with Crippen molar-refractivity contribution < 1.29 is 5.11 Å². The van der Waals surface area contributed by atoms with E-state index in [-0.39, 0.29) is 18.1 Å². The minimum absolute atomic E-state index is 0.0358. The number of aliphatic hydroxyl groups is 1. The third kappa shape index (κ3) is 4.48. The molecule has 0 aliphatic carbocycles. The van der Waals surface area contributed by atoms with E-state index in [2.05, 4.69) is 36.1 Å². The number of aromatic nitrogens is 2. The first-order valence-electron chi connectivity index (χ1n) is 5.71. The fourth-order valence-electron chi connectivity index (χ4n) is 1.63. The van der Waals surface area contributed by atoms with Crippen LogP contribution in [0.25, 0.3) is 0 Å². The van der Waals surface area contributed by atoms with Gasteiger partial charge in [0.05, 0.1) is 0 Å². The zero-order valence-electron chi connectivity index (χ0n) is 10.8. The Kier molecular flexibility index (Phi) is 4.71. The molecular weight excluding hydrogens is 238 g/mol. The van der Waals surface area contributed by atoms with Gasteiger partial charge in [-0.3, -0.25) is 0 Å². The Morgan fingerprint density at radius 3 is 2.53 bits per heavy atom. The molecule has 5 heteroatoms. The molecule has 0 bridgehead atoms. The molecule has 1 heterocycles. The van der Waals surface area contributed by atoms with Gasteiger partial charge < -0.3 is 10.4 Å². The fraction of sp³-hybridized carbons (Fsp3) is 0.667. The van der Waals surface area contributed by atoms with Crippen LogP contribution in [0.1, 0.15) is 33.0 Å². The molecule has 96 valence electrons. The zero-order chi connectivity index (χ0) is 13.1. The molecule has 0 radical (unpaired) electrons. The van der Waals surface area contributed by atoms with Gasteiger partial charge in [-0.15, -0.1) is 0 Å². The highest BCUT2D eigenvalue weighted by atomic mass is 35.5. The van der Waals surface area contributed by atoms with Gasteiger partial charge in [-0.1, -0.05) is 32.4 Å². The zero-order valence-corrected chi connectivity index (χ0v) is 11.5. The van der Waals surface area contributed by atoms with Crippen LogP contribution in [-0.2, 0) is 0 Å². The minimum Gasteiger partial charge on any atom is -0.396 e. The number of anilines is 1. The van der Waals surface area contributed by atoms with E-state index in [0.717, 1.165) is 0 Å². The van der Waals surface area contributed by atoms with Crippen LogP contribution in [0.3, 0.4) is 0 Å². The summed E-state index contributed by atoms with van der Waals surface area (Å²) in [4.78, 5) is 8.30. The lowest BCUT2D eigenvalue weighted by Gasteiger charge is -2.31. The third-order valence-electron chi connectivity index (χ3n) is 2.59. The van der Waals surface area contributed by atoms with E-state index >= 15 is 0 Å². The lowest BCUT2D eigenvalue weighted by atomic mass is 9.85. The maximum atomic E-state index is 9.09. The van der Waals surface area contributed by atoms with Gasteiger partial charge in [0, 0.05) is 18.7 Å². The number of hydrogen-bond acceptors (Lipinski definition) is 4. The van der Waals surface area contributed by atoms with Crippen molar-refractivity contribution >= 4 is 17.4 Å². The summed E-state index contributed by atoms with van der Waals surface area (Å²) >= 11 is 5.88. The first-order valence-corrected chi connectivity index (χ1v) is 6.09. The van der Waals surface area contributed by atoms with Crippen LogP contribution in [-0.4, -0.2) is 27.7 Å². The molecule has 1 aromatic heterocycles. The van der Waals surface area contributed by atoms with Crippen molar-refractivity contribution in [2.45, 2.75) is 40.2 Å². The summed E-state index contributed by atoms with van der Waals surface area (Å²) in [7, 11) is 0. The monoisotopic (exact) mass is 257 g/mol. The van der Waals surface area contributed by atoms with Gasteiger partial charge >= 0.3 is 0 Å². The summed E-state index contributed by atoms with van der Waals surface area (Å²) in [6.07, 6.45) is 0.671. The molecule has 1 aromatic rings. The first kappa shape index (κ1) is 14.2. The second-order valence-electron chi connectivity index (χ2n) is 5.20. The van der Waals surface area contributed by atoms with Gasteiger partial charge in [0.25, 0.3) is 0 Å². The van der Waals surface area contributed by atoms with Crippen LogP contribution in [0.4, 0.5) is 5.82 Å². The molecule has 0 aromatic carbocycles. The largest absolute Gasteiger partial charge is 0.396 e. The van der Waals surface area contributed by atoms with Crippen LogP contribution in [0.5, 0.6) is 0 Å². The minimum atomic E-state index is 0.0358. The van der Waals surface area contributed by atoms with Gasteiger partial charge in [-0.25, -0.2) is 9.97 Å². The summed E-state index contributed by atoms with van der Waals surface area (Å²) in [5.74, 6) is 1.34. The van der Waals surface area contributed by atoms with Crippen LogP contribution in [0.2, 0.25) is 5.15 Å². The Morgan fingerprint density at radius 2 is 2.06 bits per heavy atom. The molecule has 0 fully saturated rings. The molecule has 0 aliphatic heterocycles. The summed E-state index contributed by atoms with van der Waals surface area (Å²) in [5, 5.41) is 12.8. The molecule has 0 amide bonds. The molecule has 0 spiro atoms. The number of hydrogen-bond donors (Lipinski definition) is 2. The van der Waals surface area contributed by atoms with E-state index in [1.807, 2.05) is 0 Å². The van der Waals surface area contributed by atoms with Gasteiger partial charge in [0.1, 0.15) is 16.8 Å². The standard InChI is InChI=1S/C12H20ClN3O/c1-8-14-10(13)7-11(15-8)16-9(5-6-17)12(2,3)4/h7,9,17H,5-6H2,1-4H3,(H,14,15,16). The number of nitrogens with zero attached hydrogens (tertiary/aromatic N) is 2. The van der Waals surface area contributed by atoms with Crippen molar-refractivity contribution in [2.75, 3.05) is 11.9 Å². The molecule has 2 N–H and O–H groups in total. The normalized spacial score (nSPS) is 13.5. The van der Waals surface area contributed by atoms with Crippen LogP contribution >= 0.6 is 11.6 Å². The van der Waals surface area contributed by atoms with Crippen molar-refractivity contribution in [1.29, 1.82) is 0 Å². The summed E-state index contributed by atoms with van der Waals surface area (Å²) in [5.41, 5.74) is 0.0358. The van der Waals surface area contributed by atoms with Crippen LogP contribution in [0, 0.1) is 12.3 Å². The fourth-order valence-corrected chi connectivity index (χ4v) is 1.86. The molecule has 0 saturated carbocycles. The quantitative estimate of drug-likeness (QED) is 0.815. The summed E-state index contributed by atoms with van der Waals surface area (Å²) in [6, 6.07) is 1.84. The number of aliphatic hydroxyl groups excluding tert-OH is 1. The molecule has 0 saturated heterocycles. The van der Waals surface area contributed by atoms with E-state index < -0.39 is 0 Å². The topological polar surface area (TPSA) is 58.0 Å². The van der Waals surface area contributed by atoms with E-state index in [4.69, 9.17) is 16.7 Å². The molecule has 4 nitrogen and oxygen atoms in total. The van der Waals surface area contributed by atoms with Crippen molar-refractivity contribution in [3.05, 3.63) is 17.0 Å². The highest BCUT2D eigenvalue weighted by Gasteiger charge is 2.24. The van der Waals surface area contributed by atoms with E-state index in [1.54, 1.807) is 13.0 Å². The highest BCUT2D eigenvalue weighted by Crippen LogP contribution is 2.25. The van der Waals surface area contributed by atoms with Gasteiger partial charge in [0.15, 0.2) is 0 Å². The molecule has 17 heavy (non-hydrogen) atoms. The van der Waals surface area contributed by atoms with Gasteiger partial charge in [0.2, 0.25) is 0 Å². The summed E-state index contributed by atoms with van der Waals surface area (Å²) in [6.45, 7) is 8.31. The van der Waals surface area contributed by atoms with E-state index in [9.17, 15) is 0 Å². The van der Waals surface area contributed by atoms with Crippen molar-refractivity contribution in [2.24, 2.45) is 5.41 Å². The third-order valence-corrected chi connectivity index (χ3v) is 2.79. The van der Waals surface area contributed by atoms with Crippen molar-refractivity contribution in [1.82, 2.24) is 9.97 Å². The number of rotatable bonds is 4. The summed E-state index contributed by atoms with van der Waals surface area (Å²) < 4.78 is 0. The van der Waals surface area contributed by atoms with Gasteiger partial charge in [-0.2, -0.15) is 0 Å². The molecule has 1 rings (SSSR count). The lowest BCUT2D eigenvalue weighted by molar-refractivity contribution is 0.235. The highest BCUT2D eigenvalue weighted by molar-refractivity contribution is 6.29. The number of nitrogens with one attached hydrogen (secondary N) is 1. The van der Waals surface area contributed by atoms with Crippen molar-refractivity contribution in [3.8, 4) is 0 Å². The van der Waals surface area contributed by atoms with Crippen molar-refractivity contribution in [3.63, 3.8) is 0 Å². The van der Waals surface area contributed by atoms with E-state index in [1.165, 1.54) is 0 Å². The predicted octanol–water partition coefficient (Wildman–Crippen LogP) is 2.65. The Balaban J connectivity index is 2.86. The van der Waals surface area contributed by atoms with Crippen LogP contribution in [0.15, 0.2) is 6.07 Å². The smallest absolute Gasteiger partial charge is 0.134 e. The van der Waals surface area contributed by atoms with Crippen LogP contribution < -0.4 is 5.32 Å². The lowest BCUT2D eigenvalue weighted by Crippen LogP contribution is -2.35. The maximum Gasteiger partial charge on any atom is 0.134 e.